The fourth-order valence-corrected chi connectivity index (χ4v) is 4.36. The van der Waals surface area contributed by atoms with Gasteiger partial charge in [-0.2, -0.15) is 5.10 Å². The molecule has 0 saturated carbocycles. The van der Waals surface area contributed by atoms with E-state index in [0.717, 1.165) is 68.5 Å². The first-order chi connectivity index (χ1) is 13.8. The van der Waals surface area contributed by atoms with Crippen LogP contribution in [-0.4, -0.2) is 64.3 Å². The molecule has 2 fully saturated rings. The molecule has 7 nitrogen and oxygen atoms in total. The molecular formula is C21H27N7. The number of benzene rings is 1. The van der Waals surface area contributed by atoms with Crippen LogP contribution in [0.2, 0.25) is 0 Å². The van der Waals surface area contributed by atoms with E-state index < -0.39 is 0 Å². The van der Waals surface area contributed by atoms with Crippen LogP contribution in [0, 0.1) is 6.92 Å². The maximum absolute atomic E-state index is 4.61. The van der Waals surface area contributed by atoms with Crippen LogP contribution in [-0.2, 0) is 6.54 Å². The zero-order valence-electron chi connectivity index (χ0n) is 16.4. The third kappa shape index (κ3) is 3.42. The molecule has 1 aromatic carbocycles. The number of aromatic nitrogens is 4. The smallest absolute Gasteiger partial charge is 0.139 e. The number of aromatic amines is 1. The fourth-order valence-electron chi connectivity index (χ4n) is 4.36. The van der Waals surface area contributed by atoms with Crippen molar-refractivity contribution >= 4 is 22.4 Å². The van der Waals surface area contributed by atoms with Gasteiger partial charge in [0.25, 0.3) is 0 Å². The number of rotatable bonds is 4. The predicted octanol–water partition coefficient (Wildman–Crippen LogP) is 2.58. The van der Waals surface area contributed by atoms with Crippen molar-refractivity contribution in [3.05, 3.63) is 42.0 Å². The SMILES string of the molecule is Cc1cc(CN2CCN(c3ccc4ncnc(N5CCCC5)c4c3)CC2)n[nH]1. The molecule has 146 valence electrons. The lowest BCUT2D eigenvalue weighted by atomic mass is 10.1. The zero-order chi connectivity index (χ0) is 18.9. The molecule has 1 N–H and O–H groups in total. The number of anilines is 2. The van der Waals surface area contributed by atoms with Crippen molar-refractivity contribution in [3.63, 3.8) is 0 Å². The number of nitrogens with zero attached hydrogens (tertiary/aromatic N) is 6. The second kappa shape index (κ2) is 7.39. The summed E-state index contributed by atoms with van der Waals surface area (Å²) in [5.41, 5.74) is 4.57. The van der Waals surface area contributed by atoms with Gasteiger partial charge in [0, 0.05) is 62.6 Å². The first-order valence-electron chi connectivity index (χ1n) is 10.2. The monoisotopic (exact) mass is 377 g/mol. The summed E-state index contributed by atoms with van der Waals surface area (Å²) in [4.78, 5) is 16.5. The second-order valence-electron chi connectivity index (χ2n) is 7.90. The molecule has 3 aromatic rings. The minimum absolute atomic E-state index is 0.919. The molecule has 0 atom stereocenters. The summed E-state index contributed by atoms with van der Waals surface area (Å²) >= 11 is 0. The van der Waals surface area contributed by atoms with Crippen LogP contribution in [0.4, 0.5) is 11.5 Å². The van der Waals surface area contributed by atoms with Gasteiger partial charge in [-0.1, -0.05) is 0 Å². The number of fused-ring (bicyclic) bond motifs is 1. The fraction of sp³-hybridized carbons (Fsp3) is 0.476. The van der Waals surface area contributed by atoms with Gasteiger partial charge in [-0.15, -0.1) is 0 Å². The lowest BCUT2D eigenvalue weighted by molar-refractivity contribution is 0.247. The number of nitrogens with one attached hydrogen (secondary N) is 1. The van der Waals surface area contributed by atoms with Crippen molar-refractivity contribution in [2.45, 2.75) is 26.3 Å². The summed E-state index contributed by atoms with van der Waals surface area (Å²) in [5.74, 6) is 1.09. The van der Waals surface area contributed by atoms with Crippen molar-refractivity contribution in [3.8, 4) is 0 Å². The summed E-state index contributed by atoms with van der Waals surface area (Å²) in [5, 5.41) is 8.58. The van der Waals surface area contributed by atoms with E-state index >= 15 is 0 Å². The quantitative estimate of drug-likeness (QED) is 0.754. The molecule has 4 heterocycles. The van der Waals surface area contributed by atoms with Crippen LogP contribution >= 0.6 is 0 Å². The molecule has 0 unspecified atom stereocenters. The molecule has 2 aromatic heterocycles. The molecule has 5 rings (SSSR count). The van der Waals surface area contributed by atoms with E-state index in [0.29, 0.717) is 0 Å². The van der Waals surface area contributed by atoms with E-state index in [-0.39, 0.29) is 0 Å². The van der Waals surface area contributed by atoms with Crippen LogP contribution in [0.15, 0.2) is 30.6 Å². The van der Waals surface area contributed by atoms with E-state index in [1.54, 1.807) is 6.33 Å². The van der Waals surface area contributed by atoms with E-state index in [9.17, 15) is 0 Å². The second-order valence-corrected chi connectivity index (χ2v) is 7.90. The van der Waals surface area contributed by atoms with Crippen molar-refractivity contribution in [2.75, 3.05) is 49.1 Å². The lowest BCUT2D eigenvalue weighted by Crippen LogP contribution is -2.46. The molecular weight excluding hydrogens is 350 g/mol. The Bertz CT molecular complexity index is 952. The average Bonchev–Trinajstić information content (AvgIpc) is 3.40. The maximum Gasteiger partial charge on any atom is 0.139 e. The summed E-state index contributed by atoms with van der Waals surface area (Å²) in [6.45, 7) is 9.33. The van der Waals surface area contributed by atoms with E-state index in [2.05, 4.69) is 59.1 Å². The Balaban J connectivity index is 1.32. The maximum atomic E-state index is 4.61. The Labute approximate surface area is 165 Å². The number of hydrogen-bond acceptors (Lipinski definition) is 6. The number of H-pyrrole nitrogens is 1. The highest BCUT2D eigenvalue weighted by Gasteiger charge is 2.20. The minimum Gasteiger partial charge on any atom is -0.369 e. The first-order valence-corrected chi connectivity index (χ1v) is 10.2. The average molecular weight is 377 g/mol. The molecule has 7 heteroatoms. The number of hydrogen-bond donors (Lipinski definition) is 1. The highest BCUT2D eigenvalue weighted by Crippen LogP contribution is 2.30. The van der Waals surface area contributed by atoms with Crippen LogP contribution in [0.5, 0.6) is 0 Å². The van der Waals surface area contributed by atoms with Gasteiger partial charge in [-0.3, -0.25) is 10.00 Å². The molecule has 0 radical (unpaired) electrons. The van der Waals surface area contributed by atoms with Crippen molar-refractivity contribution < 1.29 is 0 Å². The van der Waals surface area contributed by atoms with Crippen molar-refractivity contribution in [1.82, 2.24) is 25.1 Å². The highest BCUT2D eigenvalue weighted by molar-refractivity contribution is 5.92. The van der Waals surface area contributed by atoms with Gasteiger partial charge in [0.2, 0.25) is 0 Å². The van der Waals surface area contributed by atoms with Gasteiger partial charge in [0.15, 0.2) is 0 Å². The van der Waals surface area contributed by atoms with Crippen molar-refractivity contribution in [1.29, 1.82) is 0 Å². The van der Waals surface area contributed by atoms with E-state index in [1.807, 2.05) is 6.92 Å². The van der Waals surface area contributed by atoms with Crippen LogP contribution in [0.25, 0.3) is 10.9 Å². The molecule has 2 aliphatic heterocycles. The van der Waals surface area contributed by atoms with Gasteiger partial charge in [0.1, 0.15) is 12.1 Å². The molecule has 0 spiro atoms. The molecule has 2 aliphatic rings. The summed E-state index contributed by atoms with van der Waals surface area (Å²) < 4.78 is 0. The van der Waals surface area contributed by atoms with Crippen LogP contribution in [0.1, 0.15) is 24.2 Å². The molecule has 0 aliphatic carbocycles. The summed E-state index contributed by atoms with van der Waals surface area (Å²) in [7, 11) is 0. The topological polar surface area (TPSA) is 64.2 Å². The third-order valence-electron chi connectivity index (χ3n) is 5.89. The van der Waals surface area contributed by atoms with Gasteiger partial charge < -0.3 is 9.80 Å². The molecule has 2 saturated heterocycles. The van der Waals surface area contributed by atoms with Gasteiger partial charge in [-0.05, 0) is 44.0 Å². The normalized spacial score (nSPS) is 18.3. The van der Waals surface area contributed by atoms with Crippen molar-refractivity contribution in [2.24, 2.45) is 0 Å². The number of aryl methyl sites for hydroxylation is 1. The Morgan fingerprint density at radius 3 is 2.50 bits per heavy atom. The van der Waals surface area contributed by atoms with Crippen LogP contribution in [0.3, 0.4) is 0 Å². The zero-order valence-corrected chi connectivity index (χ0v) is 16.4. The van der Waals surface area contributed by atoms with Gasteiger partial charge in [-0.25, -0.2) is 9.97 Å². The Hall–Kier alpha value is -2.67. The van der Waals surface area contributed by atoms with E-state index in [1.165, 1.54) is 23.9 Å². The standard InChI is InChI=1S/C21H27N7/c1-16-12-17(25-24-16)14-26-8-10-27(11-9-26)18-4-5-20-19(13-18)21(23-15-22-20)28-6-2-3-7-28/h4-5,12-13,15H,2-3,6-11,14H2,1H3,(H,24,25). The van der Waals surface area contributed by atoms with Gasteiger partial charge >= 0.3 is 0 Å². The Kier molecular flexibility index (Phi) is 4.60. The molecule has 0 amide bonds. The first kappa shape index (κ1) is 17.4. The van der Waals surface area contributed by atoms with Crippen LogP contribution < -0.4 is 9.80 Å². The lowest BCUT2D eigenvalue weighted by Gasteiger charge is -2.36. The molecule has 28 heavy (non-hydrogen) atoms. The Morgan fingerprint density at radius 1 is 0.929 bits per heavy atom. The predicted molar refractivity (Wildman–Crippen MR) is 112 cm³/mol. The van der Waals surface area contributed by atoms with Gasteiger partial charge in [0.05, 0.1) is 11.2 Å². The third-order valence-corrected chi connectivity index (χ3v) is 5.89. The summed E-state index contributed by atoms with van der Waals surface area (Å²) in [6, 6.07) is 8.77. The molecule has 0 bridgehead atoms. The van der Waals surface area contributed by atoms with E-state index in [4.69, 9.17) is 0 Å². The Morgan fingerprint density at radius 2 is 1.75 bits per heavy atom. The minimum atomic E-state index is 0.919. The summed E-state index contributed by atoms with van der Waals surface area (Å²) in [6.07, 6.45) is 4.20. The number of piperazine rings is 1. The highest BCUT2D eigenvalue weighted by atomic mass is 15.3. The largest absolute Gasteiger partial charge is 0.369 e.